The van der Waals surface area contributed by atoms with Crippen LogP contribution in [0, 0.1) is 6.07 Å². The predicted octanol–water partition coefficient (Wildman–Crippen LogP) is 6.30. The van der Waals surface area contributed by atoms with Gasteiger partial charge in [-0.1, -0.05) is 57.7 Å². The summed E-state index contributed by atoms with van der Waals surface area (Å²) < 4.78 is 51.0. The van der Waals surface area contributed by atoms with Gasteiger partial charge in [0.15, 0.2) is 19.7 Å². The van der Waals surface area contributed by atoms with Gasteiger partial charge >= 0.3 is 0 Å². The van der Waals surface area contributed by atoms with Crippen LogP contribution in [0.4, 0.5) is 0 Å². The van der Waals surface area contributed by atoms with E-state index in [1.807, 2.05) is 6.92 Å². The van der Waals surface area contributed by atoms with E-state index in [9.17, 15) is 16.8 Å². The summed E-state index contributed by atoms with van der Waals surface area (Å²) in [6, 6.07) is 15.4. The van der Waals surface area contributed by atoms with Gasteiger partial charge in [0.25, 0.3) is 0 Å². The Morgan fingerprint density at radius 3 is 1.87 bits per heavy atom. The summed E-state index contributed by atoms with van der Waals surface area (Å²) >= 11 is 1.47. The van der Waals surface area contributed by atoms with Gasteiger partial charge < -0.3 is 0 Å². The van der Waals surface area contributed by atoms with Crippen molar-refractivity contribution in [3.63, 3.8) is 0 Å². The van der Waals surface area contributed by atoms with Crippen LogP contribution in [-0.2, 0) is 19.7 Å². The standard InChI is InChI=1S/C24H29O4S3/c1-3-5-7-15-30(25,26)21-12-9-19(10-13-21)23-17-20-11-14-22(18-24(20)29-23)31(27,28)16-8-6-4-2/h9-14,18H,3-8,15-16H2,1-2H3. The fourth-order valence-electron chi connectivity index (χ4n) is 3.41. The molecule has 0 saturated carbocycles. The lowest BCUT2D eigenvalue weighted by Crippen LogP contribution is -2.06. The van der Waals surface area contributed by atoms with Crippen molar-refractivity contribution in [3.05, 3.63) is 48.5 Å². The second-order valence-electron chi connectivity index (χ2n) is 7.79. The summed E-state index contributed by atoms with van der Waals surface area (Å²) in [6.45, 7) is 4.10. The smallest absolute Gasteiger partial charge is 0.178 e. The monoisotopic (exact) mass is 477 g/mol. The first-order valence-corrected chi connectivity index (χ1v) is 14.9. The number of hydrogen-bond acceptors (Lipinski definition) is 5. The number of benzene rings is 2. The molecular formula is C24H29O4S3. The maximum atomic E-state index is 12.6. The van der Waals surface area contributed by atoms with Crippen molar-refractivity contribution in [3.8, 4) is 10.4 Å². The molecule has 1 aromatic heterocycles. The van der Waals surface area contributed by atoms with E-state index < -0.39 is 19.7 Å². The van der Waals surface area contributed by atoms with Crippen molar-refractivity contribution in [1.82, 2.24) is 0 Å². The summed E-state index contributed by atoms with van der Waals surface area (Å²) in [7, 11) is -6.55. The first-order chi connectivity index (χ1) is 14.8. The van der Waals surface area contributed by atoms with Gasteiger partial charge in [-0.05, 0) is 42.7 Å². The van der Waals surface area contributed by atoms with E-state index in [1.165, 1.54) is 11.3 Å². The largest absolute Gasteiger partial charge is 0.224 e. The Balaban J connectivity index is 1.82. The summed E-state index contributed by atoms with van der Waals surface area (Å²) in [5, 5.41) is 0.865. The van der Waals surface area contributed by atoms with Crippen LogP contribution in [0.3, 0.4) is 0 Å². The van der Waals surface area contributed by atoms with Crippen molar-refractivity contribution in [2.24, 2.45) is 0 Å². The maximum absolute atomic E-state index is 12.6. The van der Waals surface area contributed by atoms with E-state index in [4.69, 9.17) is 0 Å². The highest BCUT2D eigenvalue weighted by atomic mass is 32.2. The average Bonchev–Trinajstić information content (AvgIpc) is 3.17. The fraction of sp³-hybridized carbons (Fsp3) is 0.417. The molecule has 7 heteroatoms. The third-order valence-electron chi connectivity index (χ3n) is 5.28. The molecule has 4 nitrogen and oxygen atoms in total. The molecular weight excluding hydrogens is 448 g/mol. The highest BCUT2D eigenvalue weighted by Crippen LogP contribution is 2.35. The molecule has 0 aliphatic rings. The lowest BCUT2D eigenvalue weighted by atomic mass is 10.1. The van der Waals surface area contributed by atoms with Crippen LogP contribution < -0.4 is 0 Å². The number of fused-ring (bicyclic) bond motifs is 1. The number of sulfone groups is 2. The van der Waals surface area contributed by atoms with Gasteiger partial charge in [-0.25, -0.2) is 16.8 Å². The Labute approximate surface area is 190 Å². The van der Waals surface area contributed by atoms with Crippen LogP contribution in [-0.4, -0.2) is 28.3 Å². The fourth-order valence-corrected chi connectivity index (χ4v) is 7.29. The van der Waals surface area contributed by atoms with E-state index in [0.29, 0.717) is 22.6 Å². The highest BCUT2D eigenvalue weighted by molar-refractivity contribution is 7.91. The quantitative estimate of drug-likeness (QED) is 0.304. The predicted molar refractivity (Wildman–Crippen MR) is 129 cm³/mol. The molecule has 2 aromatic carbocycles. The first-order valence-electron chi connectivity index (χ1n) is 10.8. The molecule has 1 radical (unpaired) electrons. The van der Waals surface area contributed by atoms with Crippen molar-refractivity contribution < 1.29 is 16.8 Å². The van der Waals surface area contributed by atoms with Gasteiger partial charge in [0.1, 0.15) is 0 Å². The lowest BCUT2D eigenvalue weighted by Gasteiger charge is -2.05. The van der Waals surface area contributed by atoms with Crippen LogP contribution >= 0.6 is 11.3 Å². The van der Waals surface area contributed by atoms with Crippen LogP contribution in [0.1, 0.15) is 52.4 Å². The van der Waals surface area contributed by atoms with Gasteiger partial charge in [-0.3, -0.25) is 0 Å². The maximum Gasteiger partial charge on any atom is 0.178 e. The van der Waals surface area contributed by atoms with Crippen LogP contribution in [0.25, 0.3) is 20.5 Å². The summed E-state index contributed by atoms with van der Waals surface area (Å²) in [4.78, 5) is 1.56. The number of hydrogen-bond donors (Lipinski definition) is 0. The molecule has 3 rings (SSSR count). The zero-order chi connectivity index (χ0) is 22.5. The molecule has 167 valence electrons. The van der Waals surface area contributed by atoms with Crippen molar-refractivity contribution in [2.75, 3.05) is 11.5 Å². The Bertz CT molecular complexity index is 1220. The van der Waals surface area contributed by atoms with Gasteiger partial charge in [-0.15, -0.1) is 11.3 Å². The number of thiophene rings is 1. The Kier molecular flexibility index (Phi) is 7.94. The molecule has 0 unspecified atom stereocenters. The van der Waals surface area contributed by atoms with E-state index in [-0.39, 0.29) is 11.5 Å². The van der Waals surface area contributed by atoms with E-state index in [1.54, 1.807) is 42.5 Å². The molecule has 3 aromatic rings. The minimum atomic E-state index is -3.29. The zero-order valence-corrected chi connectivity index (χ0v) is 20.5. The minimum Gasteiger partial charge on any atom is -0.224 e. The van der Waals surface area contributed by atoms with Gasteiger partial charge in [-0.2, -0.15) is 0 Å². The first kappa shape index (κ1) is 24.0. The van der Waals surface area contributed by atoms with Crippen LogP contribution in [0.2, 0.25) is 0 Å². The third-order valence-corrected chi connectivity index (χ3v) is 10.00. The van der Waals surface area contributed by atoms with Gasteiger partial charge in [0, 0.05) is 21.0 Å². The van der Waals surface area contributed by atoms with Crippen molar-refractivity contribution >= 4 is 41.1 Å². The molecule has 0 amide bonds. The summed E-state index contributed by atoms with van der Waals surface area (Å²) in [6.07, 6.45) is 5.13. The Hall–Kier alpha value is -1.70. The molecule has 0 fully saturated rings. The van der Waals surface area contributed by atoms with Crippen LogP contribution in [0.5, 0.6) is 0 Å². The molecule has 0 spiro atoms. The number of rotatable bonds is 11. The third kappa shape index (κ3) is 5.96. The van der Waals surface area contributed by atoms with Crippen molar-refractivity contribution in [2.45, 2.75) is 62.2 Å². The van der Waals surface area contributed by atoms with Crippen molar-refractivity contribution in [1.29, 1.82) is 0 Å². The molecule has 0 N–H and O–H groups in total. The SMILES string of the molecule is CCCCCS(=O)(=O)c1ccc(-c2[c]c3ccc(S(=O)(=O)CCCCC)cc3s2)cc1. The summed E-state index contributed by atoms with van der Waals surface area (Å²) in [5.41, 5.74) is 0.876. The lowest BCUT2D eigenvalue weighted by molar-refractivity contribution is 0.589. The van der Waals surface area contributed by atoms with Crippen LogP contribution in [0.15, 0.2) is 52.3 Å². The normalized spacial score (nSPS) is 12.5. The molecule has 0 aliphatic heterocycles. The highest BCUT2D eigenvalue weighted by Gasteiger charge is 2.17. The molecule has 1 heterocycles. The van der Waals surface area contributed by atoms with E-state index in [0.717, 1.165) is 46.2 Å². The van der Waals surface area contributed by atoms with Gasteiger partial charge in [0.2, 0.25) is 0 Å². The Morgan fingerprint density at radius 1 is 0.742 bits per heavy atom. The second-order valence-corrected chi connectivity index (χ2v) is 13.1. The topological polar surface area (TPSA) is 68.3 Å². The van der Waals surface area contributed by atoms with E-state index >= 15 is 0 Å². The van der Waals surface area contributed by atoms with E-state index in [2.05, 4.69) is 13.0 Å². The molecule has 0 bridgehead atoms. The molecule has 0 saturated heterocycles. The molecule has 0 aliphatic carbocycles. The molecule has 0 atom stereocenters. The number of unbranched alkanes of at least 4 members (excludes halogenated alkanes) is 4. The second kappa shape index (κ2) is 10.3. The average molecular weight is 478 g/mol. The summed E-state index contributed by atoms with van der Waals surface area (Å²) in [5.74, 6) is 0.340. The zero-order valence-electron chi connectivity index (χ0n) is 18.1. The molecule has 31 heavy (non-hydrogen) atoms. The minimum absolute atomic E-state index is 0.169. The Morgan fingerprint density at radius 2 is 1.29 bits per heavy atom. The van der Waals surface area contributed by atoms with Gasteiger partial charge in [0.05, 0.1) is 21.3 Å².